The van der Waals surface area contributed by atoms with E-state index in [0.29, 0.717) is 16.8 Å². The molecule has 5 N–H and O–H groups in total. The molecule has 0 radical (unpaired) electrons. The Labute approximate surface area is 239 Å². The van der Waals surface area contributed by atoms with E-state index in [9.17, 15) is 39.3 Å². The van der Waals surface area contributed by atoms with Crippen LogP contribution in [0.5, 0.6) is 5.75 Å². The molecule has 224 valence electrons. The molecular formula is C29H40N4O8. The van der Waals surface area contributed by atoms with E-state index in [1.54, 1.807) is 65.0 Å². The fraction of sp³-hybridized carbons (Fsp3) is 0.621. The maximum absolute atomic E-state index is 14.1. The number of primary amides is 1. The fourth-order valence-electron chi connectivity index (χ4n) is 7.23. The number of rotatable bonds is 7. The molecule has 4 rings (SSSR count). The quantitative estimate of drug-likeness (QED) is 0.298. The molecule has 12 nitrogen and oxygen atoms in total. The van der Waals surface area contributed by atoms with Gasteiger partial charge in [0.1, 0.15) is 5.75 Å². The maximum atomic E-state index is 14.1. The first-order chi connectivity index (χ1) is 18.8. The lowest BCUT2D eigenvalue weighted by molar-refractivity contribution is -0.181. The average Bonchev–Trinajstić information content (AvgIpc) is 2.81. The summed E-state index contributed by atoms with van der Waals surface area (Å²) in [7, 11) is 8.45. The van der Waals surface area contributed by atoms with Crippen LogP contribution in [0, 0.1) is 23.7 Å². The largest absolute Gasteiger partial charge is 0.507 e. The molecule has 0 aliphatic heterocycles. The summed E-state index contributed by atoms with van der Waals surface area (Å²) in [5, 5.41) is 33.3. The van der Waals surface area contributed by atoms with Gasteiger partial charge in [-0.05, 0) is 65.4 Å². The van der Waals surface area contributed by atoms with Crippen LogP contribution in [-0.4, -0.2) is 113 Å². The number of aliphatic hydroxyl groups is 2. The minimum absolute atomic E-state index is 0.00635. The molecular weight excluding hydrogens is 532 g/mol. The monoisotopic (exact) mass is 572 g/mol. The lowest BCUT2D eigenvalue weighted by Gasteiger charge is -2.52. The summed E-state index contributed by atoms with van der Waals surface area (Å²) in [6.45, 7) is 3.78. The molecule has 1 aromatic carbocycles. The van der Waals surface area contributed by atoms with Crippen molar-refractivity contribution in [3.63, 3.8) is 0 Å². The Balaban J connectivity index is 1.84. The minimum Gasteiger partial charge on any atom is -0.507 e. The highest BCUT2D eigenvalue weighted by Crippen LogP contribution is 2.52. The highest BCUT2D eigenvalue weighted by Gasteiger charge is 2.69. The van der Waals surface area contributed by atoms with E-state index in [4.69, 9.17) is 5.73 Å². The van der Waals surface area contributed by atoms with Crippen LogP contribution in [-0.2, 0) is 32.1 Å². The van der Waals surface area contributed by atoms with E-state index in [-0.39, 0.29) is 37.2 Å². The van der Waals surface area contributed by atoms with Gasteiger partial charge in [0.15, 0.2) is 34.7 Å². The first kappa shape index (κ1) is 30.8. The highest BCUT2D eigenvalue weighted by atomic mass is 16.3. The third-order valence-corrected chi connectivity index (χ3v) is 8.70. The van der Waals surface area contributed by atoms with Crippen molar-refractivity contribution in [2.75, 3.05) is 46.7 Å². The number of phenolic OH excluding ortho intramolecular Hbond substituents is 1. The number of nitrogens with zero attached hydrogens (tertiary/aromatic N) is 3. The lowest BCUT2D eigenvalue weighted by Crippen LogP contribution is -2.74. The first-order valence-corrected chi connectivity index (χ1v) is 13.6. The van der Waals surface area contributed by atoms with E-state index in [0.717, 1.165) is 0 Å². The molecule has 6 atom stereocenters. The van der Waals surface area contributed by atoms with Gasteiger partial charge in [0.2, 0.25) is 5.91 Å². The Bertz CT molecular complexity index is 1330. The number of Topliss-reactive ketones (excluding diaryl/α,β-unsaturated/α-hetero) is 4. The number of likely N-dealkylation sites (N-methyl/N-ethyl adjacent to an activating group) is 2. The van der Waals surface area contributed by atoms with Crippen LogP contribution in [0.25, 0.3) is 0 Å². The number of hydrogen-bond acceptors (Lipinski definition) is 11. The number of anilines is 1. The van der Waals surface area contributed by atoms with E-state index < -0.39 is 70.0 Å². The molecule has 2 fully saturated rings. The van der Waals surface area contributed by atoms with E-state index in [2.05, 4.69) is 0 Å². The summed E-state index contributed by atoms with van der Waals surface area (Å²) in [6.07, 6.45) is 0.181. The third-order valence-electron chi connectivity index (χ3n) is 8.70. The highest BCUT2D eigenvalue weighted by molar-refractivity contribution is 6.32. The molecule has 1 aromatic rings. The van der Waals surface area contributed by atoms with Crippen LogP contribution in [0.1, 0.15) is 41.8 Å². The number of aromatic hydroxyl groups is 1. The molecule has 0 aromatic heterocycles. The second kappa shape index (κ2) is 10.3. The van der Waals surface area contributed by atoms with Gasteiger partial charge in [-0.3, -0.25) is 33.8 Å². The van der Waals surface area contributed by atoms with E-state index >= 15 is 0 Å². The van der Waals surface area contributed by atoms with Crippen LogP contribution >= 0.6 is 0 Å². The van der Waals surface area contributed by atoms with Crippen LogP contribution in [0.2, 0.25) is 0 Å². The van der Waals surface area contributed by atoms with Crippen LogP contribution in [0.4, 0.5) is 5.69 Å². The smallest absolute Gasteiger partial charge is 0.235 e. The number of hydrogen-bond donors (Lipinski definition) is 4. The average molecular weight is 573 g/mol. The molecule has 3 aliphatic carbocycles. The fourth-order valence-corrected chi connectivity index (χ4v) is 7.23. The standard InChI is InChI=1S/C29H40N4O8/c1-28(2,40)12-33(7)11-14-10-17(31(3)4)15-8-13-9-16-21(32(5)6)24(36)20(27(30)39)26(38)29(16,41)25(37)18(13)23(35)19(15)22(14)34/h10,13,16,18,20-21,34,40-41H,8-9,11-12H2,1-7H3,(H2,30,39)/t13-,16-,18?,20?,21-,29-/m0/s1. The molecule has 0 spiro atoms. The summed E-state index contributed by atoms with van der Waals surface area (Å²) in [5.74, 6) is -10.7. The number of fused-ring (bicyclic) bond motifs is 3. The number of benzene rings is 1. The summed E-state index contributed by atoms with van der Waals surface area (Å²) in [4.78, 5) is 72.0. The van der Waals surface area contributed by atoms with Gasteiger partial charge in [-0.15, -0.1) is 0 Å². The van der Waals surface area contributed by atoms with Gasteiger partial charge in [0.05, 0.1) is 23.1 Å². The molecule has 12 heteroatoms. The van der Waals surface area contributed by atoms with Crippen molar-refractivity contribution in [3.8, 4) is 5.75 Å². The number of carbonyl (C=O) groups excluding carboxylic acids is 5. The summed E-state index contributed by atoms with van der Waals surface area (Å²) in [5.41, 5.74) is 3.17. The Morgan fingerprint density at radius 3 is 2.22 bits per heavy atom. The van der Waals surface area contributed by atoms with Crippen molar-refractivity contribution in [1.82, 2.24) is 9.80 Å². The Morgan fingerprint density at radius 1 is 1.10 bits per heavy atom. The SMILES string of the molecule is CN(Cc1cc(N(C)C)c2c(c1O)C(=O)C1C(=O)[C@]3(O)C(=O)C(C(N)=O)C(=O)[C@@H](N(C)C)[C@@H]3C[C@@H]1C2)CC(C)(C)O. The third kappa shape index (κ3) is 4.86. The van der Waals surface area contributed by atoms with Crippen LogP contribution in [0.3, 0.4) is 0 Å². The second-order valence-corrected chi connectivity index (χ2v) is 12.9. The molecule has 0 heterocycles. The lowest BCUT2D eigenvalue weighted by atomic mass is 9.52. The van der Waals surface area contributed by atoms with Gasteiger partial charge >= 0.3 is 0 Å². The Hall–Kier alpha value is -3.19. The van der Waals surface area contributed by atoms with Gasteiger partial charge in [-0.2, -0.15) is 0 Å². The van der Waals surface area contributed by atoms with Gasteiger partial charge in [-0.25, -0.2) is 0 Å². The van der Waals surface area contributed by atoms with Gasteiger partial charge in [0.25, 0.3) is 0 Å². The number of nitrogens with two attached hydrogens (primary N) is 1. The summed E-state index contributed by atoms with van der Waals surface area (Å²) in [6, 6.07) is 0.629. The van der Waals surface area contributed by atoms with Gasteiger partial charge in [-0.1, -0.05) is 0 Å². The van der Waals surface area contributed by atoms with Crippen molar-refractivity contribution in [2.24, 2.45) is 29.4 Å². The number of ketones is 4. The van der Waals surface area contributed by atoms with Crippen molar-refractivity contribution >= 4 is 34.7 Å². The maximum Gasteiger partial charge on any atom is 0.235 e. The predicted octanol–water partition coefficient (Wildman–Crippen LogP) is -0.864. The van der Waals surface area contributed by atoms with E-state index in [1.165, 1.54) is 4.90 Å². The first-order valence-electron chi connectivity index (χ1n) is 13.6. The van der Waals surface area contributed by atoms with Crippen molar-refractivity contribution in [3.05, 3.63) is 22.8 Å². The van der Waals surface area contributed by atoms with Crippen LogP contribution < -0.4 is 10.6 Å². The van der Waals surface area contributed by atoms with Crippen LogP contribution in [0.15, 0.2) is 6.07 Å². The minimum atomic E-state index is -2.76. The number of phenols is 1. The molecule has 2 saturated carbocycles. The second-order valence-electron chi connectivity index (χ2n) is 12.9. The topological polar surface area (TPSA) is 182 Å². The van der Waals surface area contributed by atoms with Gasteiger partial charge < -0.3 is 26.0 Å². The molecule has 0 saturated heterocycles. The Kier molecular flexibility index (Phi) is 7.70. The summed E-state index contributed by atoms with van der Waals surface area (Å²) < 4.78 is 0. The number of amides is 1. The zero-order chi connectivity index (χ0) is 30.9. The van der Waals surface area contributed by atoms with E-state index in [1.807, 2.05) is 0 Å². The molecule has 2 unspecified atom stereocenters. The van der Waals surface area contributed by atoms with Crippen molar-refractivity contribution in [2.45, 2.75) is 50.5 Å². The number of carbonyl (C=O) groups is 5. The Morgan fingerprint density at radius 2 is 1.71 bits per heavy atom. The summed E-state index contributed by atoms with van der Waals surface area (Å²) >= 11 is 0. The normalized spacial score (nSPS) is 29.9. The van der Waals surface area contributed by atoms with Gasteiger partial charge in [0, 0.05) is 44.4 Å². The van der Waals surface area contributed by atoms with Crippen molar-refractivity contribution in [1.29, 1.82) is 0 Å². The molecule has 0 bridgehead atoms. The predicted molar refractivity (Wildman–Crippen MR) is 148 cm³/mol. The molecule has 3 aliphatic rings. The zero-order valence-corrected chi connectivity index (χ0v) is 24.6. The van der Waals surface area contributed by atoms with Crippen molar-refractivity contribution < 1.29 is 39.3 Å². The zero-order valence-electron chi connectivity index (χ0n) is 24.6. The molecule has 41 heavy (non-hydrogen) atoms. The molecule has 1 amide bonds.